The Labute approximate surface area is 174 Å². The molecule has 0 radical (unpaired) electrons. The van der Waals surface area contributed by atoms with Crippen molar-refractivity contribution >= 4 is 68.4 Å². The maximum Gasteiger partial charge on any atom is 0.247 e. The molecule has 3 amide bonds. The second kappa shape index (κ2) is 8.46. The molecule has 1 unspecified atom stereocenters. The largest absolute Gasteiger partial charge is 0.325 e. The lowest BCUT2D eigenvalue weighted by Gasteiger charge is -2.15. The molecule has 2 aromatic carbocycles. The first-order chi connectivity index (χ1) is 12.8. The van der Waals surface area contributed by atoms with Crippen LogP contribution in [0.25, 0.3) is 0 Å². The van der Waals surface area contributed by atoms with Gasteiger partial charge in [-0.25, -0.2) is 4.90 Å². The predicted octanol–water partition coefficient (Wildman–Crippen LogP) is 4.41. The summed E-state index contributed by atoms with van der Waals surface area (Å²) < 4.78 is 0.865. The van der Waals surface area contributed by atoms with E-state index in [4.69, 9.17) is 11.6 Å². The van der Waals surface area contributed by atoms with Crippen molar-refractivity contribution in [1.29, 1.82) is 0 Å². The molecule has 2 aromatic rings. The third-order valence-corrected chi connectivity index (χ3v) is 6.20. The first kappa shape index (κ1) is 19.9. The SMILES string of the molecule is Cc1ccc(NC(=O)CSC2CC(=O)N(c3ccc(Br)cc3)C2=O)cc1Cl. The summed E-state index contributed by atoms with van der Waals surface area (Å²) in [6.07, 6.45) is 0.0865. The van der Waals surface area contributed by atoms with Gasteiger partial charge in [-0.1, -0.05) is 33.6 Å². The fourth-order valence-electron chi connectivity index (χ4n) is 2.64. The normalized spacial score (nSPS) is 16.7. The highest BCUT2D eigenvalue weighted by Crippen LogP contribution is 2.30. The van der Waals surface area contributed by atoms with Crippen molar-refractivity contribution in [2.75, 3.05) is 16.0 Å². The molecule has 5 nitrogen and oxygen atoms in total. The van der Waals surface area contributed by atoms with E-state index >= 15 is 0 Å². The molecule has 1 atom stereocenters. The standard InChI is InChI=1S/C19H16BrClN2O3S/c1-11-2-5-13(8-15(11)21)22-17(24)10-27-16-9-18(25)23(19(16)26)14-6-3-12(20)4-7-14/h2-8,16H,9-10H2,1H3,(H,22,24). The number of carbonyl (C=O) groups excluding carboxylic acids is 3. The highest BCUT2D eigenvalue weighted by atomic mass is 79.9. The molecule has 1 aliphatic rings. The Morgan fingerprint density at radius 3 is 2.63 bits per heavy atom. The summed E-state index contributed by atoms with van der Waals surface area (Å²) in [6.45, 7) is 1.88. The van der Waals surface area contributed by atoms with Crippen molar-refractivity contribution in [2.24, 2.45) is 0 Å². The van der Waals surface area contributed by atoms with Crippen molar-refractivity contribution in [3.8, 4) is 0 Å². The van der Waals surface area contributed by atoms with Crippen molar-refractivity contribution in [3.05, 3.63) is 57.5 Å². The summed E-state index contributed by atoms with van der Waals surface area (Å²) in [4.78, 5) is 38.2. The Balaban J connectivity index is 1.58. The molecule has 0 saturated carbocycles. The Morgan fingerprint density at radius 2 is 1.96 bits per heavy atom. The zero-order valence-electron chi connectivity index (χ0n) is 14.4. The average molecular weight is 468 g/mol. The number of hydrogen-bond acceptors (Lipinski definition) is 4. The molecule has 1 aliphatic heterocycles. The number of amides is 3. The number of thioether (sulfide) groups is 1. The molecular formula is C19H16BrClN2O3S. The molecule has 0 bridgehead atoms. The lowest BCUT2D eigenvalue weighted by atomic mass is 10.2. The van der Waals surface area contributed by atoms with E-state index < -0.39 is 5.25 Å². The minimum atomic E-state index is -0.562. The van der Waals surface area contributed by atoms with E-state index in [1.54, 1.807) is 36.4 Å². The van der Waals surface area contributed by atoms with E-state index in [0.29, 0.717) is 16.4 Å². The minimum absolute atomic E-state index is 0.0728. The number of nitrogens with one attached hydrogen (secondary N) is 1. The van der Waals surface area contributed by atoms with Crippen LogP contribution in [0, 0.1) is 6.92 Å². The quantitative estimate of drug-likeness (QED) is 0.661. The van der Waals surface area contributed by atoms with Crippen molar-refractivity contribution in [2.45, 2.75) is 18.6 Å². The lowest BCUT2D eigenvalue weighted by Crippen LogP contribution is -2.31. The van der Waals surface area contributed by atoms with Gasteiger partial charge in [0.1, 0.15) is 0 Å². The number of imide groups is 1. The monoisotopic (exact) mass is 466 g/mol. The summed E-state index contributed by atoms with van der Waals surface area (Å²) in [5, 5.41) is 2.76. The summed E-state index contributed by atoms with van der Waals surface area (Å²) in [7, 11) is 0. The molecule has 1 saturated heterocycles. The molecule has 140 valence electrons. The zero-order valence-corrected chi connectivity index (χ0v) is 17.5. The van der Waals surface area contributed by atoms with Gasteiger partial charge in [-0.05, 0) is 48.9 Å². The van der Waals surface area contributed by atoms with E-state index in [2.05, 4.69) is 21.2 Å². The van der Waals surface area contributed by atoms with Crippen LogP contribution >= 0.6 is 39.3 Å². The Kier molecular flexibility index (Phi) is 6.24. The van der Waals surface area contributed by atoms with Crippen LogP contribution in [-0.4, -0.2) is 28.7 Å². The van der Waals surface area contributed by atoms with Gasteiger partial charge in [-0.3, -0.25) is 14.4 Å². The van der Waals surface area contributed by atoms with Crippen LogP contribution in [0.5, 0.6) is 0 Å². The smallest absolute Gasteiger partial charge is 0.247 e. The van der Waals surface area contributed by atoms with Gasteiger partial charge >= 0.3 is 0 Å². The third-order valence-electron chi connectivity index (χ3n) is 4.06. The van der Waals surface area contributed by atoms with Crippen molar-refractivity contribution in [3.63, 3.8) is 0 Å². The molecule has 8 heteroatoms. The highest BCUT2D eigenvalue weighted by molar-refractivity contribution is 9.10. The number of rotatable bonds is 5. The van der Waals surface area contributed by atoms with E-state index in [1.807, 2.05) is 13.0 Å². The van der Waals surface area contributed by atoms with Gasteiger partial charge in [0.25, 0.3) is 0 Å². The van der Waals surface area contributed by atoms with Crippen LogP contribution in [0.4, 0.5) is 11.4 Å². The highest BCUT2D eigenvalue weighted by Gasteiger charge is 2.40. The van der Waals surface area contributed by atoms with Gasteiger partial charge in [0.15, 0.2) is 0 Å². The maximum absolute atomic E-state index is 12.6. The number of anilines is 2. The topological polar surface area (TPSA) is 66.5 Å². The number of carbonyl (C=O) groups is 3. The molecule has 0 spiro atoms. The van der Waals surface area contributed by atoms with E-state index in [-0.39, 0.29) is 29.9 Å². The van der Waals surface area contributed by atoms with Gasteiger partial charge in [0, 0.05) is 21.6 Å². The number of halogens is 2. The third kappa shape index (κ3) is 4.72. The second-order valence-corrected chi connectivity index (χ2v) is 8.57. The summed E-state index contributed by atoms with van der Waals surface area (Å²) in [5.74, 6) is -0.727. The number of nitrogens with zero attached hydrogens (tertiary/aromatic N) is 1. The summed E-state index contributed by atoms with van der Waals surface area (Å²) in [6, 6.07) is 12.2. The number of benzene rings is 2. The van der Waals surface area contributed by atoms with Gasteiger partial charge in [0.05, 0.1) is 16.7 Å². The molecule has 1 N–H and O–H groups in total. The van der Waals surface area contributed by atoms with E-state index in [0.717, 1.165) is 10.0 Å². The zero-order chi connectivity index (χ0) is 19.6. The minimum Gasteiger partial charge on any atom is -0.325 e. The summed E-state index contributed by atoms with van der Waals surface area (Å²) in [5.41, 5.74) is 2.06. The summed E-state index contributed by atoms with van der Waals surface area (Å²) >= 11 is 10.5. The van der Waals surface area contributed by atoms with Gasteiger partial charge in [-0.2, -0.15) is 0 Å². The number of aryl methyl sites for hydroxylation is 1. The molecule has 1 fully saturated rings. The molecular weight excluding hydrogens is 452 g/mol. The fraction of sp³-hybridized carbons (Fsp3) is 0.211. The molecule has 0 aromatic heterocycles. The fourth-order valence-corrected chi connectivity index (χ4v) is 4.02. The van der Waals surface area contributed by atoms with Gasteiger partial charge in [-0.15, -0.1) is 11.8 Å². The lowest BCUT2D eigenvalue weighted by molar-refractivity contribution is -0.121. The Bertz CT molecular complexity index is 904. The predicted molar refractivity (Wildman–Crippen MR) is 112 cm³/mol. The van der Waals surface area contributed by atoms with Crippen LogP contribution in [0.1, 0.15) is 12.0 Å². The average Bonchev–Trinajstić information content (AvgIpc) is 2.91. The van der Waals surface area contributed by atoms with Crippen LogP contribution in [-0.2, 0) is 14.4 Å². The van der Waals surface area contributed by atoms with Crippen LogP contribution in [0.15, 0.2) is 46.9 Å². The van der Waals surface area contributed by atoms with Crippen LogP contribution in [0.3, 0.4) is 0 Å². The van der Waals surface area contributed by atoms with Gasteiger partial charge < -0.3 is 5.32 Å². The van der Waals surface area contributed by atoms with Crippen LogP contribution < -0.4 is 10.2 Å². The van der Waals surface area contributed by atoms with Crippen molar-refractivity contribution in [1.82, 2.24) is 0 Å². The maximum atomic E-state index is 12.6. The Morgan fingerprint density at radius 1 is 1.26 bits per heavy atom. The number of hydrogen-bond donors (Lipinski definition) is 1. The first-order valence-electron chi connectivity index (χ1n) is 8.15. The molecule has 0 aliphatic carbocycles. The van der Waals surface area contributed by atoms with E-state index in [1.165, 1.54) is 16.7 Å². The molecule has 3 rings (SSSR count). The molecule has 1 heterocycles. The van der Waals surface area contributed by atoms with Crippen LogP contribution in [0.2, 0.25) is 5.02 Å². The van der Waals surface area contributed by atoms with E-state index in [9.17, 15) is 14.4 Å². The first-order valence-corrected chi connectivity index (χ1v) is 10.4. The Hall–Kier alpha value is -1.83. The second-order valence-electron chi connectivity index (χ2n) is 6.06. The molecule has 27 heavy (non-hydrogen) atoms. The van der Waals surface area contributed by atoms with Crippen molar-refractivity contribution < 1.29 is 14.4 Å². The van der Waals surface area contributed by atoms with Gasteiger partial charge in [0.2, 0.25) is 17.7 Å².